The highest BCUT2D eigenvalue weighted by Gasteiger charge is 2.29. The number of ether oxygens (including phenoxy) is 1. The molecule has 30 heavy (non-hydrogen) atoms. The summed E-state index contributed by atoms with van der Waals surface area (Å²) in [6.07, 6.45) is 1.97. The van der Waals surface area contributed by atoms with Gasteiger partial charge in [0.15, 0.2) is 0 Å². The zero-order valence-electron chi connectivity index (χ0n) is 16.6. The molecule has 156 valence electrons. The number of carboxylic acids is 1. The van der Waals surface area contributed by atoms with Crippen LogP contribution in [0, 0.1) is 0 Å². The number of carbonyl (C=O) groups excluding carboxylic acids is 2. The summed E-state index contributed by atoms with van der Waals surface area (Å²) >= 11 is 0. The standard InChI is InChI=1S/C23H24N2O5/c1-2-20(22(28)24-13-7-12-21(26)27)25-23(29)30-14-19-17-10-5-3-8-15(17)16-9-4-6-11-18(16)19/h3-12,19-20H,2,13-14H2,1H3,(H,24,28)(H,25,29)(H,26,27)/b12-7+. The number of amides is 2. The fraction of sp³-hybridized carbons (Fsp3) is 0.261. The zero-order valence-corrected chi connectivity index (χ0v) is 16.6. The van der Waals surface area contributed by atoms with E-state index in [0.717, 1.165) is 28.3 Å². The van der Waals surface area contributed by atoms with Crippen molar-refractivity contribution in [2.45, 2.75) is 25.3 Å². The van der Waals surface area contributed by atoms with Gasteiger partial charge in [0.2, 0.25) is 5.91 Å². The molecule has 2 aromatic carbocycles. The summed E-state index contributed by atoms with van der Waals surface area (Å²) in [5.74, 6) is -1.55. The predicted octanol–water partition coefficient (Wildman–Crippen LogP) is 3.06. The van der Waals surface area contributed by atoms with E-state index in [0.29, 0.717) is 6.42 Å². The van der Waals surface area contributed by atoms with E-state index in [9.17, 15) is 14.4 Å². The minimum absolute atomic E-state index is 0.0572. The van der Waals surface area contributed by atoms with E-state index in [1.54, 1.807) is 6.92 Å². The SMILES string of the molecule is CCC(NC(=O)OCC1c2ccccc2-c2ccccc21)C(=O)NC/C=C/C(=O)O. The fourth-order valence-corrected chi connectivity index (χ4v) is 3.58. The number of benzene rings is 2. The maximum atomic E-state index is 12.3. The highest BCUT2D eigenvalue weighted by Crippen LogP contribution is 2.44. The Bertz CT molecular complexity index is 924. The molecule has 2 amide bonds. The molecule has 7 nitrogen and oxygen atoms in total. The minimum atomic E-state index is -1.09. The largest absolute Gasteiger partial charge is 0.478 e. The summed E-state index contributed by atoms with van der Waals surface area (Å²) in [6, 6.07) is 15.3. The number of carboxylic acid groups (broad SMARTS) is 1. The Kier molecular flexibility index (Phi) is 6.85. The minimum Gasteiger partial charge on any atom is -0.478 e. The van der Waals surface area contributed by atoms with Crippen LogP contribution in [0.1, 0.15) is 30.4 Å². The van der Waals surface area contributed by atoms with Crippen LogP contribution in [0.15, 0.2) is 60.7 Å². The van der Waals surface area contributed by atoms with Gasteiger partial charge in [-0.05, 0) is 28.7 Å². The Morgan fingerprint density at radius 3 is 2.23 bits per heavy atom. The van der Waals surface area contributed by atoms with E-state index in [4.69, 9.17) is 9.84 Å². The molecule has 1 unspecified atom stereocenters. The van der Waals surface area contributed by atoms with Crippen molar-refractivity contribution in [2.24, 2.45) is 0 Å². The molecule has 3 rings (SSSR count). The Hall–Kier alpha value is -3.61. The van der Waals surface area contributed by atoms with Gasteiger partial charge in [0.1, 0.15) is 12.6 Å². The smallest absolute Gasteiger partial charge is 0.407 e. The summed E-state index contributed by atoms with van der Waals surface area (Å²) in [5.41, 5.74) is 4.51. The number of carbonyl (C=O) groups is 3. The average Bonchev–Trinajstić information content (AvgIpc) is 3.07. The number of hydrogen-bond acceptors (Lipinski definition) is 4. The topological polar surface area (TPSA) is 105 Å². The van der Waals surface area contributed by atoms with Crippen molar-refractivity contribution in [2.75, 3.05) is 13.2 Å². The predicted molar refractivity (Wildman–Crippen MR) is 112 cm³/mol. The lowest BCUT2D eigenvalue weighted by atomic mass is 9.98. The molecule has 0 spiro atoms. The van der Waals surface area contributed by atoms with Gasteiger partial charge in [-0.1, -0.05) is 61.5 Å². The monoisotopic (exact) mass is 408 g/mol. The maximum absolute atomic E-state index is 12.3. The summed E-state index contributed by atoms with van der Waals surface area (Å²) in [5, 5.41) is 13.7. The van der Waals surface area contributed by atoms with E-state index in [-0.39, 0.29) is 19.1 Å². The lowest BCUT2D eigenvalue weighted by Crippen LogP contribution is -2.46. The van der Waals surface area contributed by atoms with Crippen molar-refractivity contribution in [3.05, 3.63) is 71.8 Å². The maximum Gasteiger partial charge on any atom is 0.407 e. The van der Waals surface area contributed by atoms with Gasteiger partial charge in [-0.3, -0.25) is 4.79 Å². The molecule has 1 atom stereocenters. The average molecular weight is 408 g/mol. The zero-order chi connectivity index (χ0) is 21.5. The van der Waals surface area contributed by atoms with Crippen molar-refractivity contribution in [3.63, 3.8) is 0 Å². The fourth-order valence-electron chi connectivity index (χ4n) is 3.58. The molecule has 0 radical (unpaired) electrons. The molecule has 0 aromatic heterocycles. The lowest BCUT2D eigenvalue weighted by molar-refractivity contribution is -0.131. The Labute approximate surface area is 174 Å². The molecule has 0 saturated heterocycles. The third kappa shape index (κ3) is 4.86. The van der Waals surface area contributed by atoms with E-state index in [2.05, 4.69) is 22.8 Å². The van der Waals surface area contributed by atoms with E-state index >= 15 is 0 Å². The molecule has 0 bridgehead atoms. The van der Waals surface area contributed by atoms with Crippen LogP contribution in [0.2, 0.25) is 0 Å². The van der Waals surface area contributed by atoms with Gasteiger partial charge < -0.3 is 20.5 Å². The Morgan fingerprint density at radius 2 is 1.67 bits per heavy atom. The first-order valence-electron chi connectivity index (χ1n) is 9.80. The number of rotatable bonds is 8. The van der Waals surface area contributed by atoms with Gasteiger partial charge in [-0.15, -0.1) is 0 Å². The summed E-state index contributed by atoms with van der Waals surface area (Å²) in [6.45, 7) is 1.99. The second-order valence-electron chi connectivity index (χ2n) is 6.92. The van der Waals surface area contributed by atoms with Crippen LogP contribution in [-0.2, 0) is 14.3 Å². The summed E-state index contributed by atoms with van der Waals surface area (Å²) in [7, 11) is 0. The Morgan fingerprint density at radius 1 is 1.07 bits per heavy atom. The van der Waals surface area contributed by atoms with Gasteiger partial charge in [0, 0.05) is 18.5 Å². The molecule has 3 N–H and O–H groups in total. The second kappa shape index (κ2) is 9.73. The molecular weight excluding hydrogens is 384 g/mol. The molecule has 0 fully saturated rings. The van der Waals surface area contributed by atoms with Crippen LogP contribution in [0.25, 0.3) is 11.1 Å². The third-order valence-corrected chi connectivity index (χ3v) is 5.02. The summed E-state index contributed by atoms with van der Waals surface area (Å²) < 4.78 is 5.46. The Balaban J connectivity index is 1.57. The molecule has 1 aliphatic carbocycles. The number of fused-ring (bicyclic) bond motifs is 3. The van der Waals surface area contributed by atoms with Crippen molar-refractivity contribution in [1.82, 2.24) is 10.6 Å². The highest BCUT2D eigenvalue weighted by molar-refractivity contribution is 5.86. The molecule has 7 heteroatoms. The van der Waals surface area contributed by atoms with Crippen molar-refractivity contribution in [1.29, 1.82) is 0 Å². The number of alkyl carbamates (subject to hydrolysis) is 1. The quantitative estimate of drug-likeness (QED) is 0.583. The van der Waals surface area contributed by atoms with Gasteiger partial charge in [0.05, 0.1) is 0 Å². The molecule has 1 aliphatic rings. The molecule has 2 aromatic rings. The molecular formula is C23H24N2O5. The highest BCUT2D eigenvalue weighted by atomic mass is 16.5. The van der Waals surface area contributed by atoms with Crippen molar-refractivity contribution in [3.8, 4) is 11.1 Å². The number of aliphatic carboxylic acids is 1. The van der Waals surface area contributed by atoms with Crippen LogP contribution in [-0.4, -0.2) is 42.3 Å². The van der Waals surface area contributed by atoms with Crippen molar-refractivity contribution >= 4 is 18.0 Å². The van der Waals surface area contributed by atoms with Crippen LogP contribution < -0.4 is 10.6 Å². The van der Waals surface area contributed by atoms with Crippen LogP contribution in [0.4, 0.5) is 4.79 Å². The van der Waals surface area contributed by atoms with Gasteiger partial charge in [-0.25, -0.2) is 9.59 Å². The normalized spacial score (nSPS) is 13.4. The second-order valence-corrected chi connectivity index (χ2v) is 6.92. The van der Waals surface area contributed by atoms with Gasteiger partial charge >= 0.3 is 12.1 Å². The van der Waals surface area contributed by atoms with E-state index in [1.165, 1.54) is 6.08 Å². The van der Waals surface area contributed by atoms with Gasteiger partial charge in [-0.2, -0.15) is 0 Å². The van der Waals surface area contributed by atoms with Crippen LogP contribution >= 0.6 is 0 Å². The van der Waals surface area contributed by atoms with Crippen LogP contribution in [0.5, 0.6) is 0 Å². The molecule has 0 heterocycles. The first-order valence-corrected chi connectivity index (χ1v) is 9.80. The van der Waals surface area contributed by atoms with E-state index < -0.39 is 24.0 Å². The first-order chi connectivity index (χ1) is 14.5. The van der Waals surface area contributed by atoms with E-state index in [1.807, 2.05) is 36.4 Å². The molecule has 0 saturated carbocycles. The number of nitrogens with one attached hydrogen (secondary N) is 2. The summed E-state index contributed by atoms with van der Waals surface area (Å²) in [4.78, 5) is 34.9. The van der Waals surface area contributed by atoms with Gasteiger partial charge in [0.25, 0.3) is 0 Å². The third-order valence-electron chi connectivity index (χ3n) is 5.02. The van der Waals surface area contributed by atoms with Crippen LogP contribution in [0.3, 0.4) is 0 Å². The van der Waals surface area contributed by atoms with Crippen molar-refractivity contribution < 1.29 is 24.2 Å². The first kappa shape index (κ1) is 21.1. The lowest BCUT2D eigenvalue weighted by Gasteiger charge is -2.18. The number of hydrogen-bond donors (Lipinski definition) is 3. The molecule has 0 aliphatic heterocycles.